The van der Waals surface area contributed by atoms with Crippen molar-refractivity contribution in [2.75, 3.05) is 0 Å². The van der Waals surface area contributed by atoms with Crippen molar-refractivity contribution < 1.29 is 0 Å². The lowest BCUT2D eigenvalue weighted by atomic mass is 10.2. The van der Waals surface area contributed by atoms with Gasteiger partial charge in [0.15, 0.2) is 0 Å². The van der Waals surface area contributed by atoms with Gasteiger partial charge in [0, 0.05) is 11.6 Å². The number of pyridine rings is 1. The normalized spacial score (nSPS) is 10.0. The predicted molar refractivity (Wildman–Crippen MR) is 45.8 cm³/mol. The molecule has 0 fully saturated rings. The zero-order valence-corrected chi connectivity index (χ0v) is 6.76. The minimum Gasteiger partial charge on any atom is -0.359 e. The molecule has 0 bridgehead atoms. The minimum absolute atomic E-state index is 0.401. The van der Waals surface area contributed by atoms with Gasteiger partial charge in [0.25, 0.3) is 0 Å². The molecule has 0 radical (unpaired) electrons. The van der Waals surface area contributed by atoms with Crippen LogP contribution in [0, 0.1) is 11.3 Å². The highest BCUT2D eigenvalue weighted by molar-refractivity contribution is 6.30. The van der Waals surface area contributed by atoms with Gasteiger partial charge in [-0.2, -0.15) is 5.26 Å². The standard InChI is InChI=1S/C8H4ClN3/c9-8-1-6-5(2-10)3-11-7(6)4-12-8/h1,3-4,11H. The summed E-state index contributed by atoms with van der Waals surface area (Å²) in [7, 11) is 0. The number of hydrogen-bond donors (Lipinski definition) is 1. The zero-order chi connectivity index (χ0) is 8.55. The van der Waals surface area contributed by atoms with E-state index in [-0.39, 0.29) is 0 Å². The quantitative estimate of drug-likeness (QED) is 0.627. The molecule has 0 aliphatic rings. The molecule has 0 aliphatic carbocycles. The second kappa shape index (κ2) is 2.50. The number of halogens is 1. The molecule has 2 aromatic rings. The first-order valence-corrected chi connectivity index (χ1v) is 3.72. The lowest BCUT2D eigenvalue weighted by Gasteiger charge is -1.89. The fourth-order valence-electron chi connectivity index (χ4n) is 1.09. The van der Waals surface area contributed by atoms with E-state index >= 15 is 0 Å². The van der Waals surface area contributed by atoms with Gasteiger partial charge in [-0.25, -0.2) is 4.98 Å². The van der Waals surface area contributed by atoms with Crippen LogP contribution in [0.2, 0.25) is 5.15 Å². The molecule has 0 unspecified atom stereocenters. The minimum atomic E-state index is 0.401. The number of nitrogens with one attached hydrogen (secondary N) is 1. The molecule has 0 amide bonds. The van der Waals surface area contributed by atoms with Crippen molar-refractivity contribution in [3.63, 3.8) is 0 Å². The summed E-state index contributed by atoms with van der Waals surface area (Å²) in [5.41, 5.74) is 1.42. The monoisotopic (exact) mass is 177 g/mol. The number of fused-ring (bicyclic) bond motifs is 1. The lowest BCUT2D eigenvalue weighted by Crippen LogP contribution is -1.75. The first-order valence-electron chi connectivity index (χ1n) is 3.34. The molecule has 4 heteroatoms. The highest BCUT2D eigenvalue weighted by atomic mass is 35.5. The average molecular weight is 178 g/mol. The first kappa shape index (κ1) is 7.14. The molecule has 0 saturated heterocycles. The number of hydrogen-bond acceptors (Lipinski definition) is 2. The van der Waals surface area contributed by atoms with Gasteiger partial charge in [0.1, 0.15) is 11.2 Å². The van der Waals surface area contributed by atoms with E-state index in [0.717, 1.165) is 10.9 Å². The summed E-state index contributed by atoms with van der Waals surface area (Å²) in [6.07, 6.45) is 3.25. The Morgan fingerprint density at radius 2 is 2.42 bits per heavy atom. The topological polar surface area (TPSA) is 52.5 Å². The number of aromatic nitrogens is 2. The van der Waals surface area contributed by atoms with Crippen LogP contribution in [-0.4, -0.2) is 9.97 Å². The second-order valence-electron chi connectivity index (χ2n) is 2.37. The highest BCUT2D eigenvalue weighted by Crippen LogP contribution is 2.19. The van der Waals surface area contributed by atoms with Crippen molar-refractivity contribution in [1.82, 2.24) is 9.97 Å². The third-order valence-corrected chi connectivity index (χ3v) is 1.86. The van der Waals surface area contributed by atoms with Gasteiger partial charge < -0.3 is 4.98 Å². The van der Waals surface area contributed by atoms with Crippen LogP contribution < -0.4 is 0 Å². The number of nitrogens with zero attached hydrogens (tertiary/aromatic N) is 2. The van der Waals surface area contributed by atoms with E-state index in [2.05, 4.69) is 16.0 Å². The third kappa shape index (κ3) is 0.936. The van der Waals surface area contributed by atoms with Crippen LogP contribution in [0.3, 0.4) is 0 Å². The van der Waals surface area contributed by atoms with Crippen molar-refractivity contribution in [1.29, 1.82) is 5.26 Å². The summed E-state index contributed by atoms with van der Waals surface area (Å²) < 4.78 is 0. The molecule has 0 atom stereocenters. The Bertz CT molecular complexity index is 467. The maximum Gasteiger partial charge on any atom is 0.129 e. The van der Waals surface area contributed by atoms with E-state index < -0.39 is 0 Å². The largest absolute Gasteiger partial charge is 0.359 e. The van der Waals surface area contributed by atoms with Crippen LogP contribution in [0.5, 0.6) is 0 Å². The van der Waals surface area contributed by atoms with Crippen LogP contribution in [0.25, 0.3) is 10.9 Å². The van der Waals surface area contributed by atoms with Gasteiger partial charge in [-0.3, -0.25) is 0 Å². The van der Waals surface area contributed by atoms with Gasteiger partial charge in [-0.1, -0.05) is 11.6 Å². The fourth-order valence-corrected chi connectivity index (χ4v) is 1.25. The van der Waals surface area contributed by atoms with E-state index in [0.29, 0.717) is 10.7 Å². The van der Waals surface area contributed by atoms with Crippen molar-refractivity contribution in [3.8, 4) is 6.07 Å². The predicted octanol–water partition coefficient (Wildman–Crippen LogP) is 2.09. The molecule has 0 aromatic carbocycles. The van der Waals surface area contributed by atoms with E-state index in [1.807, 2.05) is 0 Å². The number of nitriles is 1. The third-order valence-electron chi connectivity index (χ3n) is 1.65. The number of rotatable bonds is 0. The summed E-state index contributed by atoms with van der Waals surface area (Å²) in [5.74, 6) is 0. The smallest absolute Gasteiger partial charge is 0.129 e. The molecule has 58 valence electrons. The summed E-state index contributed by atoms with van der Waals surface area (Å²) in [6, 6.07) is 3.73. The first-order chi connectivity index (χ1) is 5.81. The zero-order valence-electron chi connectivity index (χ0n) is 6.00. The molecule has 0 aliphatic heterocycles. The Balaban J connectivity index is 2.86. The summed E-state index contributed by atoms with van der Waals surface area (Å²) >= 11 is 5.67. The van der Waals surface area contributed by atoms with Crippen molar-refractivity contribution in [2.45, 2.75) is 0 Å². The van der Waals surface area contributed by atoms with Crippen LogP contribution in [0.15, 0.2) is 18.5 Å². The summed E-state index contributed by atoms with van der Waals surface area (Å²) in [6.45, 7) is 0. The average Bonchev–Trinajstić information content (AvgIpc) is 2.46. The molecule has 2 heterocycles. The van der Waals surface area contributed by atoms with E-state index in [4.69, 9.17) is 16.9 Å². The van der Waals surface area contributed by atoms with Gasteiger partial charge in [0.05, 0.1) is 17.3 Å². The van der Waals surface area contributed by atoms with Crippen LogP contribution in [-0.2, 0) is 0 Å². The maximum atomic E-state index is 8.68. The SMILES string of the molecule is N#Cc1c[nH]c2cnc(Cl)cc12. The van der Waals surface area contributed by atoms with Crippen molar-refractivity contribution in [3.05, 3.63) is 29.2 Å². The molecule has 12 heavy (non-hydrogen) atoms. The molecule has 3 nitrogen and oxygen atoms in total. The van der Waals surface area contributed by atoms with Gasteiger partial charge in [-0.15, -0.1) is 0 Å². The van der Waals surface area contributed by atoms with Crippen molar-refractivity contribution >= 4 is 22.5 Å². The fraction of sp³-hybridized carbons (Fsp3) is 0. The van der Waals surface area contributed by atoms with E-state index in [1.165, 1.54) is 0 Å². The molecular weight excluding hydrogens is 174 g/mol. The second-order valence-corrected chi connectivity index (χ2v) is 2.75. The van der Waals surface area contributed by atoms with Gasteiger partial charge in [0.2, 0.25) is 0 Å². The maximum absolute atomic E-state index is 8.68. The molecule has 1 N–H and O–H groups in total. The van der Waals surface area contributed by atoms with E-state index in [1.54, 1.807) is 18.5 Å². The molecule has 2 aromatic heterocycles. The Kier molecular flexibility index (Phi) is 1.49. The Morgan fingerprint density at radius 1 is 1.58 bits per heavy atom. The summed E-state index contributed by atoms with van der Waals surface area (Å²) in [4.78, 5) is 6.80. The van der Waals surface area contributed by atoms with Gasteiger partial charge >= 0.3 is 0 Å². The van der Waals surface area contributed by atoms with Crippen LogP contribution in [0.1, 0.15) is 5.56 Å². The Morgan fingerprint density at radius 3 is 3.17 bits per heavy atom. The molecule has 0 spiro atoms. The summed E-state index contributed by atoms with van der Waals surface area (Å²) in [5, 5.41) is 9.90. The molecular formula is C8H4ClN3. The Labute approximate surface area is 73.6 Å². The number of H-pyrrole nitrogens is 1. The lowest BCUT2D eigenvalue weighted by molar-refractivity contribution is 1.34. The van der Waals surface area contributed by atoms with Crippen molar-refractivity contribution in [2.24, 2.45) is 0 Å². The van der Waals surface area contributed by atoms with Gasteiger partial charge in [-0.05, 0) is 6.07 Å². The molecule has 0 saturated carbocycles. The van der Waals surface area contributed by atoms with E-state index in [9.17, 15) is 0 Å². The molecule has 2 rings (SSSR count). The Hall–Kier alpha value is -1.53. The number of aromatic amines is 1. The van der Waals surface area contributed by atoms with Crippen LogP contribution in [0.4, 0.5) is 0 Å². The highest BCUT2D eigenvalue weighted by Gasteiger charge is 2.02. The van der Waals surface area contributed by atoms with Crippen LogP contribution >= 0.6 is 11.6 Å².